The number of anilines is 1. The van der Waals surface area contributed by atoms with Crippen molar-refractivity contribution < 1.29 is 18.7 Å². The Morgan fingerprint density at radius 2 is 1.65 bits per heavy atom. The second-order valence-electron chi connectivity index (χ2n) is 10.5. The molecule has 0 aliphatic carbocycles. The predicted octanol–water partition coefficient (Wildman–Crippen LogP) is 7.49. The number of aromatic nitrogens is 2. The number of aryl methyl sites for hydroxylation is 1. The molecule has 4 aromatic carbocycles. The third kappa shape index (κ3) is 7.54. The average Bonchev–Trinajstić information content (AvgIpc) is 3.40. The Balaban J connectivity index is 1.50. The van der Waals surface area contributed by atoms with Crippen molar-refractivity contribution in [2.24, 2.45) is 0 Å². The lowest BCUT2D eigenvalue weighted by Crippen LogP contribution is -2.34. The fourth-order valence-electron chi connectivity index (χ4n) is 4.81. The molecular weight excluding hydrogens is 543 g/mol. The molecule has 0 aliphatic heterocycles. The highest BCUT2D eigenvalue weighted by Gasteiger charge is 2.21. The number of carbonyl (C=O) groups excluding carboxylic acids is 2. The topological polar surface area (TPSA) is 76.5 Å². The number of rotatable bonds is 10. The number of carbonyl (C=O) groups is 2. The van der Waals surface area contributed by atoms with Crippen molar-refractivity contribution in [2.75, 3.05) is 12.4 Å². The van der Waals surface area contributed by atoms with E-state index in [1.807, 2.05) is 42.1 Å². The molecule has 43 heavy (non-hydrogen) atoms. The van der Waals surface area contributed by atoms with Crippen molar-refractivity contribution in [2.45, 2.75) is 33.5 Å². The molecule has 0 radical (unpaired) electrons. The largest absolute Gasteiger partial charge is 0.497 e. The van der Waals surface area contributed by atoms with Gasteiger partial charge in [0.2, 0.25) is 0 Å². The molecule has 1 N–H and O–H groups in total. The maximum atomic E-state index is 13.8. The Morgan fingerprint density at radius 3 is 2.37 bits per heavy atom. The van der Waals surface area contributed by atoms with Gasteiger partial charge in [0.05, 0.1) is 25.9 Å². The molecule has 8 heteroatoms. The molecule has 0 bridgehead atoms. The van der Waals surface area contributed by atoms with Crippen molar-refractivity contribution >= 4 is 17.5 Å². The Morgan fingerprint density at radius 1 is 0.907 bits per heavy atom. The highest BCUT2D eigenvalue weighted by molar-refractivity contribution is 5.96. The highest BCUT2D eigenvalue weighted by Crippen LogP contribution is 2.26. The first-order valence-corrected chi connectivity index (χ1v) is 13.9. The molecule has 0 saturated heterocycles. The average molecular weight is 577 g/mol. The molecule has 0 fully saturated rings. The Labute approximate surface area is 250 Å². The van der Waals surface area contributed by atoms with Crippen LogP contribution in [0.2, 0.25) is 0 Å². The van der Waals surface area contributed by atoms with Gasteiger partial charge in [-0.25, -0.2) is 9.18 Å². The van der Waals surface area contributed by atoms with Crippen LogP contribution in [0.5, 0.6) is 5.75 Å². The van der Waals surface area contributed by atoms with Crippen molar-refractivity contribution in [3.8, 4) is 17.0 Å². The minimum Gasteiger partial charge on any atom is -0.497 e. The molecule has 0 aliphatic rings. The van der Waals surface area contributed by atoms with Gasteiger partial charge in [-0.15, -0.1) is 0 Å². The molecule has 1 heterocycles. The summed E-state index contributed by atoms with van der Waals surface area (Å²) in [5, 5.41) is 7.82. The van der Waals surface area contributed by atoms with E-state index in [0.29, 0.717) is 29.2 Å². The lowest BCUT2D eigenvalue weighted by molar-refractivity contribution is 0.101. The SMILES string of the molecule is COc1cccc(CN(Cc2cn(Cc3ccc(C)cc3)nc2-c2ccc(F)cc2)C(=O)Nc2cccc(C(C)=O)c2)c1. The Bertz CT molecular complexity index is 1730. The monoisotopic (exact) mass is 576 g/mol. The molecule has 5 aromatic rings. The van der Waals surface area contributed by atoms with E-state index < -0.39 is 0 Å². The van der Waals surface area contributed by atoms with Crippen molar-refractivity contribution in [3.63, 3.8) is 0 Å². The summed E-state index contributed by atoms with van der Waals surface area (Å²) in [6.07, 6.45) is 1.93. The molecule has 0 spiro atoms. The number of amides is 2. The zero-order valence-electron chi connectivity index (χ0n) is 24.4. The number of nitrogens with zero attached hydrogens (tertiary/aromatic N) is 3. The van der Waals surface area contributed by atoms with E-state index in [1.165, 1.54) is 24.6 Å². The van der Waals surface area contributed by atoms with Crippen LogP contribution in [0.3, 0.4) is 0 Å². The fourth-order valence-corrected chi connectivity index (χ4v) is 4.81. The van der Waals surface area contributed by atoms with Gasteiger partial charge in [-0.05, 0) is 73.5 Å². The third-order valence-corrected chi connectivity index (χ3v) is 7.10. The summed E-state index contributed by atoms with van der Waals surface area (Å²) in [5.41, 5.74) is 6.36. The Hall–Kier alpha value is -5.24. The maximum Gasteiger partial charge on any atom is 0.322 e. The van der Waals surface area contributed by atoms with Crippen LogP contribution in [0, 0.1) is 12.7 Å². The molecule has 5 rings (SSSR count). The van der Waals surface area contributed by atoms with Crippen molar-refractivity contribution in [1.29, 1.82) is 0 Å². The molecule has 0 unspecified atom stereocenters. The number of ketones is 1. The zero-order valence-corrected chi connectivity index (χ0v) is 24.4. The number of hydrogen-bond acceptors (Lipinski definition) is 4. The first kappa shape index (κ1) is 29.3. The minimum atomic E-state index is -0.347. The third-order valence-electron chi connectivity index (χ3n) is 7.10. The molecule has 0 saturated carbocycles. The van der Waals surface area contributed by atoms with E-state index in [2.05, 4.69) is 29.6 Å². The summed E-state index contributed by atoms with van der Waals surface area (Å²) in [6, 6.07) is 28.5. The first-order valence-electron chi connectivity index (χ1n) is 13.9. The predicted molar refractivity (Wildman–Crippen MR) is 166 cm³/mol. The summed E-state index contributed by atoms with van der Waals surface area (Å²) in [6.45, 7) is 4.56. The lowest BCUT2D eigenvalue weighted by Gasteiger charge is -2.24. The zero-order chi connectivity index (χ0) is 30.3. The molecule has 2 amide bonds. The van der Waals surface area contributed by atoms with Gasteiger partial charge < -0.3 is 15.0 Å². The minimum absolute atomic E-state index is 0.0886. The maximum absolute atomic E-state index is 13.8. The second kappa shape index (κ2) is 13.2. The van der Waals surface area contributed by atoms with Crippen LogP contribution < -0.4 is 10.1 Å². The molecule has 1 aromatic heterocycles. The van der Waals surface area contributed by atoms with Crippen LogP contribution in [0.1, 0.15) is 39.5 Å². The van der Waals surface area contributed by atoms with Gasteiger partial charge >= 0.3 is 6.03 Å². The number of benzene rings is 4. The molecule has 7 nitrogen and oxygen atoms in total. The van der Waals surface area contributed by atoms with Crippen LogP contribution in [0.25, 0.3) is 11.3 Å². The summed E-state index contributed by atoms with van der Waals surface area (Å²) in [4.78, 5) is 27.4. The fraction of sp³-hybridized carbons (Fsp3) is 0.171. The van der Waals surface area contributed by atoms with Gasteiger partial charge in [-0.3, -0.25) is 9.48 Å². The van der Waals surface area contributed by atoms with Crippen molar-refractivity contribution in [1.82, 2.24) is 14.7 Å². The summed E-state index contributed by atoms with van der Waals surface area (Å²) >= 11 is 0. The lowest BCUT2D eigenvalue weighted by atomic mass is 10.1. The number of urea groups is 1. The van der Waals surface area contributed by atoms with Gasteiger partial charge in [0.15, 0.2) is 5.78 Å². The van der Waals surface area contributed by atoms with E-state index in [4.69, 9.17) is 9.84 Å². The van der Waals surface area contributed by atoms with Crippen LogP contribution in [0.15, 0.2) is 103 Å². The van der Waals surface area contributed by atoms with Gasteiger partial charge in [-0.1, -0.05) is 54.1 Å². The number of nitrogens with one attached hydrogen (secondary N) is 1. The summed E-state index contributed by atoms with van der Waals surface area (Å²) in [5.74, 6) is 0.260. The number of methoxy groups -OCH3 is 1. The van der Waals surface area contributed by atoms with E-state index in [9.17, 15) is 14.0 Å². The number of ether oxygens (including phenoxy) is 1. The number of Topliss-reactive ketones (excluding diaryl/α,β-unsaturated/α-hetero) is 1. The number of halogens is 1. The molecule has 218 valence electrons. The van der Waals surface area contributed by atoms with E-state index in [0.717, 1.165) is 22.3 Å². The first-order chi connectivity index (χ1) is 20.8. The highest BCUT2D eigenvalue weighted by atomic mass is 19.1. The van der Waals surface area contributed by atoms with Crippen LogP contribution >= 0.6 is 0 Å². The van der Waals surface area contributed by atoms with E-state index in [1.54, 1.807) is 48.4 Å². The van der Waals surface area contributed by atoms with E-state index >= 15 is 0 Å². The van der Waals surface area contributed by atoms with Crippen LogP contribution in [0.4, 0.5) is 14.9 Å². The summed E-state index contributed by atoms with van der Waals surface area (Å²) < 4.78 is 21.1. The van der Waals surface area contributed by atoms with Crippen molar-refractivity contribution in [3.05, 3.63) is 137 Å². The number of hydrogen-bond donors (Lipinski definition) is 1. The molecular formula is C35H33FN4O3. The van der Waals surface area contributed by atoms with Gasteiger partial charge in [0, 0.05) is 35.1 Å². The van der Waals surface area contributed by atoms with Gasteiger partial charge in [0.1, 0.15) is 11.6 Å². The standard InChI is InChI=1S/C35H33FN4O3/c1-24-10-12-26(13-11-24)21-40-23-30(34(38-40)28-14-16-31(36)17-15-28)22-39(20-27-6-4-9-33(18-27)43-3)35(42)37-32-8-5-7-29(19-32)25(2)41/h4-19,23H,20-22H2,1-3H3,(H,37,42). The van der Waals surface area contributed by atoms with E-state index in [-0.39, 0.29) is 30.7 Å². The van der Waals surface area contributed by atoms with Crippen LogP contribution in [-0.4, -0.2) is 33.6 Å². The normalized spacial score (nSPS) is 10.8. The Kier molecular flexibility index (Phi) is 8.96. The quantitative estimate of drug-likeness (QED) is 0.175. The van der Waals surface area contributed by atoms with Gasteiger partial charge in [-0.2, -0.15) is 5.10 Å². The second-order valence-corrected chi connectivity index (χ2v) is 10.5. The van der Waals surface area contributed by atoms with Gasteiger partial charge in [0.25, 0.3) is 0 Å². The molecule has 0 atom stereocenters. The summed E-state index contributed by atoms with van der Waals surface area (Å²) in [7, 11) is 1.60. The smallest absolute Gasteiger partial charge is 0.322 e. The van der Waals surface area contributed by atoms with Crippen LogP contribution in [-0.2, 0) is 19.6 Å².